The van der Waals surface area contributed by atoms with E-state index in [2.05, 4.69) is 22.9 Å². The number of benzene rings is 1. The van der Waals surface area contributed by atoms with E-state index < -0.39 is 0 Å². The minimum absolute atomic E-state index is 0.0846. The second-order valence-electron chi connectivity index (χ2n) is 6.33. The van der Waals surface area contributed by atoms with Crippen LogP contribution >= 0.6 is 0 Å². The SMILES string of the molecule is CNC(=O)c1cccc(CNC(=O)CC(C)C2CCNCC2)c1. The van der Waals surface area contributed by atoms with E-state index in [1.54, 1.807) is 13.1 Å². The average molecular weight is 317 g/mol. The van der Waals surface area contributed by atoms with Gasteiger partial charge in [-0.3, -0.25) is 9.59 Å². The summed E-state index contributed by atoms with van der Waals surface area (Å²) < 4.78 is 0. The van der Waals surface area contributed by atoms with E-state index in [9.17, 15) is 9.59 Å². The lowest BCUT2D eigenvalue weighted by Gasteiger charge is -2.27. The number of carbonyl (C=O) groups excluding carboxylic acids is 2. The summed E-state index contributed by atoms with van der Waals surface area (Å²) in [7, 11) is 1.61. The van der Waals surface area contributed by atoms with Crippen LogP contribution in [0.3, 0.4) is 0 Å². The van der Waals surface area contributed by atoms with E-state index in [1.165, 1.54) is 0 Å². The van der Waals surface area contributed by atoms with Crippen LogP contribution in [-0.4, -0.2) is 32.0 Å². The number of hydrogen-bond donors (Lipinski definition) is 3. The van der Waals surface area contributed by atoms with Gasteiger partial charge in [0.05, 0.1) is 0 Å². The fourth-order valence-electron chi connectivity index (χ4n) is 3.11. The molecule has 1 atom stereocenters. The molecule has 1 aromatic rings. The predicted octanol–water partition coefficient (Wildman–Crippen LogP) is 1.69. The molecule has 3 N–H and O–H groups in total. The lowest BCUT2D eigenvalue weighted by atomic mass is 9.84. The lowest BCUT2D eigenvalue weighted by Crippen LogP contribution is -2.33. The number of amides is 2. The Balaban J connectivity index is 1.80. The van der Waals surface area contributed by atoms with Crippen molar-refractivity contribution in [2.75, 3.05) is 20.1 Å². The molecule has 126 valence electrons. The molecule has 2 amide bonds. The smallest absolute Gasteiger partial charge is 0.251 e. The zero-order valence-corrected chi connectivity index (χ0v) is 14.0. The Bertz CT molecular complexity index is 539. The minimum Gasteiger partial charge on any atom is -0.355 e. The van der Waals surface area contributed by atoms with Gasteiger partial charge < -0.3 is 16.0 Å². The third-order valence-corrected chi connectivity index (χ3v) is 4.60. The summed E-state index contributed by atoms with van der Waals surface area (Å²) in [6, 6.07) is 7.34. The van der Waals surface area contributed by atoms with Gasteiger partial charge in [-0.1, -0.05) is 19.1 Å². The summed E-state index contributed by atoms with van der Waals surface area (Å²) in [5, 5.41) is 8.93. The first-order valence-corrected chi connectivity index (χ1v) is 8.38. The number of hydrogen-bond acceptors (Lipinski definition) is 3. The van der Waals surface area contributed by atoms with Crippen molar-refractivity contribution in [1.82, 2.24) is 16.0 Å². The molecule has 1 aliphatic heterocycles. The Morgan fingerprint density at radius 2 is 2.04 bits per heavy atom. The van der Waals surface area contributed by atoms with Gasteiger partial charge in [0.15, 0.2) is 0 Å². The molecule has 2 rings (SSSR count). The van der Waals surface area contributed by atoms with Crippen LogP contribution in [0.25, 0.3) is 0 Å². The molecular formula is C18H27N3O2. The fourth-order valence-corrected chi connectivity index (χ4v) is 3.11. The van der Waals surface area contributed by atoms with Crippen molar-refractivity contribution in [3.05, 3.63) is 35.4 Å². The van der Waals surface area contributed by atoms with Crippen molar-refractivity contribution in [2.24, 2.45) is 11.8 Å². The van der Waals surface area contributed by atoms with Crippen molar-refractivity contribution >= 4 is 11.8 Å². The molecule has 23 heavy (non-hydrogen) atoms. The van der Waals surface area contributed by atoms with Gasteiger partial charge >= 0.3 is 0 Å². The Morgan fingerprint density at radius 1 is 1.30 bits per heavy atom. The van der Waals surface area contributed by atoms with Crippen LogP contribution in [0.4, 0.5) is 0 Å². The Morgan fingerprint density at radius 3 is 2.74 bits per heavy atom. The summed E-state index contributed by atoms with van der Waals surface area (Å²) in [6.45, 7) is 4.75. The Kier molecular flexibility index (Phi) is 6.59. The Labute approximate surface area is 138 Å². The molecule has 0 aromatic heterocycles. The molecule has 0 spiro atoms. The van der Waals surface area contributed by atoms with Gasteiger partial charge in [-0.15, -0.1) is 0 Å². The molecule has 1 heterocycles. The van der Waals surface area contributed by atoms with E-state index in [0.29, 0.717) is 30.4 Å². The van der Waals surface area contributed by atoms with E-state index in [0.717, 1.165) is 31.5 Å². The third-order valence-electron chi connectivity index (χ3n) is 4.60. The van der Waals surface area contributed by atoms with Crippen LogP contribution in [-0.2, 0) is 11.3 Å². The standard InChI is InChI=1S/C18H27N3O2/c1-13(15-6-8-20-9-7-15)10-17(22)21-12-14-4-3-5-16(11-14)18(23)19-2/h3-5,11,13,15,20H,6-10,12H2,1-2H3,(H,19,23)(H,21,22). The highest BCUT2D eigenvalue weighted by molar-refractivity contribution is 5.94. The molecule has 1 unspecified atom stereocenters. The number of nitrogens with one attached hydrogen (secondary N) is 3. The van der Waals surface area contributed by atoms with Crippen LogP contribution in [0.15, 0.2) is 24.3 Å². The maximum Gasteiger partial charge on any atom is 0.251 e. The molecule has 0 bridgehead atoms. The zero-order chi connectivity index (χ0) is 16.7. The fraction of sp³-hybridized carbons (Fsp3) is 0.556. The number of rotatable bonds is 6. The maximum atomic E-state index is 12.1. The van der Waals surface area contributed by atoms with Crippen molar-refractivity contribution in [3.63, 3.8) is 0 Å². The van der Waals surface area contributed by atoms with Crippen LogP contribution in [0, 0.1) is 11.8 Å². The van der Waals surface area contributed by atoms with E-state index >= 15 is 0 Å². The van der Waals surface area contributed by atoms with E-state index in [-0.39, 0.29) is 11.8 Å². The van der Waals surface area contributed by atoms with Crippen molar-refractivity contribution in [3.8, 4) is 0 Å². The molecule has 0 aliphatic carbocycles. The summed E-state index contributed by atoms with van der Waals surface area (Å²) in [5.74, 6) is 1.02. The highest BCUT2D eigenvalue weighted by Crippen LogP contribution is 2.24. The molecule has 5 heteroatoms. The average Bonchev–Trinajstić information content (AvgIpc) is 2.60. The molecule has 1 aliphatic rings. The lowest BCUT2D eigenvalue weighted by molar-refractivity contribution is -0.122. The summed E-state index contributed by atoms with van der Waals surface area (Å²) in [6.07, 6.45) is 2.88. The predicted molar refractivity (Wildman–Crippen MR) is 91.1 cm³/mol. The molecule has 0 saturated carbocycles. The van der Waals surface area contributed by atoms with Crippen molar-refractivity contribution < 1.29 is 9.59 Å². The van der Waals surface area contributed by atoms with Gasteiger partial charge in [-0.25, -0.2) is 0 Å². The highest BCUT2D eigenvalue weighted by atomic mass is 16.2. The van der Waals surface area contributed by atoms with Gasteiger partial charge in [0, 0.05) is 25.6 Å². The molecule has 1 fully saturated rings. The van der Waals surface area contributed by atoms with Crippen LogP contribution in [0.5, 0.6) is 0 Å². The zero-order valence-electron chi connectivity index (χ0n) is 14.0. The number of piperidine rings is 1. The normalized spacial score (nSPS) is 16.6. The van der Waals surface area contributed by atoms with Crippen LogP contribution < -0.4 is 16.0 Å². The van der Waals surface area contributed by atoms with Crippen LogP contribution in [0.2, 0.25) is 0 Å². The summed E-state index contributed by atoms with van der Waals surface area (Å²) in [4.78, 5) is 23.8. The number of carbonyl (C=O) groups is 2. The second-order valence-corrected chi connectivity index (χ2v) is 6.33. The first-order chi connectivity index (χ1) is 11.1. The quantitative estimate of drug-likeness (QED) is 0.748. The first-order valence-electron chi connectivity index (χ1n) is 8.38. The molecule has 1 saturated heterocycles. The van der Waals surface area contributed by atoms with Crippen molar-refractivity contribution in [1.29, 1.82) is 0 Å². The van der Waals surface area contributed by atoms with Gasteiger partial charge in [-0.2, -0.15) is 0 Å². The first kappa shape index (κ1) is 17.5. The highest BCUT2D eigenvalue weighted by Gasteiger charge is 2.21. The van der Waals surface area contributed by atoms with Crippen molar-refractivity contribution in [2.45, 2.75) is 32.7 Å². The third kappa shape index (κ3) is 5.36. The van der Waals surface area contributed by atoms with Gasteiger partial charge in [0.2, 0.25) is 5.91 Å². The summed E-state index contributed by atoms with van der Waals surface area (Å²) >= 11 is 0. The monoisotopic (exact) mass is 317 g/mol. The molecule has 1 aromatic carbocycles. The summed E-state index contributed by atoms with van der Waals surface area (Å²) in [5.41, 5.74) is 1.55. The topological polar surface area (TPSA) is 70.2 Å². The van der Waals surface area contributed by atoms with E-state index in [4.69, 9.17) is 0 Å². The van der Waals surface area contributed by atoms with Gasteiger partial charge in [0.25, 0.3) is 5.91 Å². The van der Waals surface area contributed by atoms with Gasteiger partial charge in [-0.05, 0) is 55.5 Å². The Hall–Kier alpha value is -1.88. The minimum atomic E-state index is -0.113. The van der Waals surface area contributed by atoms with Crippen LogP contribution in [0.1, 0.15) is 42.1 Å². The second kappa shape index (κ2) is 8.67. The van der Waals surface area contributed by atoms with E-state index in [1.807, 2.05) is 18.2 Å². The van der Waals surface area contributed by atoms with Gasteiger partial charge in [0.1, 0.15) is 0 Å². The maximum absolute atomic E-state index is 12.1. The molecule has 5 nitrogen and oxygen atoms in total. The molecule has 0 radical (unpaired) electrons. The molecular weight excluding hydrogens is 290 g/mol. The largest absolute Gasteiger partial charge is 0.355 e.